The molecule has 0 amide bonds. The van der Waals surface area contributed by atoms with Gasteiger partial charge < -0.3 is 9.64 Å². The van der Waals surface area contributed by atoms with Crippen LogP contribution in [0, 0.1) is 0 Å². The molecule has 0 aromatic heterocycles. The van der Waals surface area contributed by atoms with Gasteiger partial charge in [0.15, 0.2) is 5.17 Å². The first-order chi connectivity index (χ1) is 7.83. The van der Waals surface area contributed by atoms with E-state index in [9.17, 15) is 0 Å². The quantitative estimate of drug-likeness (QED) is 0.748. The van der Waals surface area contributed by atoms with Crippen molar-refractivity contribution in [3.63, 3.8) is 0 Å². The molecule has 0 radical (unpaired) electrons. The molecule has 0 spiro atoms. The van der Waals surface area contributed by atoms with Crippen molar-refractivity contribution in [1.29, 1.82) is 0 Å². The minimum absolute atomic E-state index is 0.472. The van der Waals surface area contributed by atoms with E-state index in [-0.39, 0.29) is 0 Å². The topological polar surface area (TPSA) is 24.8 Å². The lowest BCUT2D eigenvalue weighted by Gasteiger charge is -2.32. The summed E-state index contributed by atoms with van der Waals surface area (Å²) in [6.07, 6.45) is 2.76. The lowest BCUT2D eigenvalue weighted by atomic mass is 10.1. The van der Waals surface area contributed by atoms with Crippen molar-refractivity contribution >= 4 is 32.9 Å². The fourth-order valence-corrected chi connectivity index (χ4v) is 3.70. The third-order valence-corrected chi connectivity index (χ3v) is 5.45. The van der Waals surface area contributed by atoms with E-state index < -0.39 is 0 Å². The standard InChI is InChI=1S/C11H19BrN2OS/c1-2-15-9-3-5-14(6-4-9)11-13-8-10(7-12)16-11/h9-10H,2-8H2,1H3. The largest absolute Gasteiger partial charge is 0.378 e. The second kappa shape index (κ2) is 6.26. The molecular formula is C11H19BrN2OS. The number of nitrogens with zero attached hydrogens (tertiary/aromatic N) is 2. The van der Waals surface area contributed by atoms with E-state index >= 15 is 0 Å². The van der Waals surface area contributed by atoms with Gasteiger partial charge in [0.25, 0.3) is 0 Å². The van der Waals surface area contributed by atoms with Crippen molar-refractivity contribution < 1.29 is 4.74 Å². The van der Waals surface area contributed by atoms with Crippen LogP contribution in [0.4, 0.5) is 0 Å². The van der Waals surface area contributed by atoms with Gasteiger partial charge in [-0.3, -0.25) is 4.99 Å². The van der Waals surface area contributed by atoms with Crippen LogP contribution in [0.3, 0.4) is 0 Å². The number of ether oxygens (including phenoxy) is 1. The van der Waals surface area contributed by atoms with Crippen LogP contribution in [-0.2, 0) is 4.74 Å². The first kappa shape index (κ1) is 12.7. The Morgan fingerprint density at radius 2 is 2.25 bits per heavy atom. The molecule has 1 atom stereocenters. The highest BCUT2D eigenvalue weighted by Crippen LogP contribution is 2.27. The van der Waals surface area contributed by atoms with Gasteiger partial charge in [0, 0.05) is 30.3 Å². The van der Waals surface area contributed by atoms with Gasteiger partial charge in [0.05, 0.1) is 12.6 Å². The molecule has 2 rings (SSSR count). The van der Waals surface area contributed by atoms with Gasteiger partial charge in [0.2, 0.25) is 0 Å². The Labute approximate surface area is 110 Å². The number of amidine groups is 1. The summed E-state index contributed by atoms with van der Waals surface area (Å²) in [5.41, 5.74) is 0. The van der Waals surface area contributed by atoms with E-state index in [1.165, 1.54) is 5.17 Å². The van der Waals surface area contributed by atoms with Crippen LogP contribution in [0.1, 0.15) is 19.8 Å². The van der Waals surface area contributed by atoms with Gasteiger partial charge in [-0.1, -0.05) is 27.7 Å². The smallest absolute Gasteiger partial charge is 0.159 e. The minimum Gasteiger partial charge on any atom is -0.378 e. The van der Waals surface area contributed by atoms with Gasteiger partial charge in [-0.05, 0) is 19.8 Å². The van der Waals surface area contributed by atoms with Crippen molar-refractivity contribution in [2.45, 2.75) is 31.1 Å². The molecule has 92 valence electrons. The molecule has 1 saturated heterocycles. The van der Waals surface area contributed by atoms with E-state index in [4.69, 9.17) is 4.74 Å². The number of piperidine rings is 1. The third-order valence-electron chi connectivity index (χ3n) is 2.99. The van der Waals surface area contributed by atoms with E-state index in [0.29, 0.717) is 11.4 Å². The number of rotatable bonds is 3. The van der Waals surface area contributed by atoms with E-state index in [1.807, 2.05) is 11.8 Å². The first-order valence-corrected chi connectivity index (χ1v) is 7.97. The molecule has 0 bridgehead atoms. The van der Waals surface area contributed by atoms with Crippen molar-refractivity contribution in [3.8, 4) is 0 Å². The highest BCUT2D eigenvalue weighted by atomic mass is 79.9. The lowest BCUT2D eigenvalue weighted by Crippen LogP contribution is -2.39. The van der Waals surface area contributed by atoms with Crippen LogP contribution in [0.15, 0.2) is 4.99 Å². The molecule has 0 aliphatic carbocycles. The van der Waals surface area contributed by atoms with Crippen LogP contribution in [0.5, 0.6) is 0 Å². The van der Waals surface area contributed by atoms with Crippen molar-refractivity contribution in [1.82, 2.24) is 4.90 Å². The summed E-state index contributed by atoms with van der Waals surface area (Å²) in [7, 11) is 0. The van der Waals surface area contributed by atoms with E-state index in [1.54, 1.807) is 0 Å². The summed E-state index contributed by atoms with van der Waals surface area (Å²) in [5.74, 6) is 0. The Morgan fingerprint density at radius 3 is 2.81 bits per heavy atom. The van der Waals surface area contributed by atoms with Gasteiger partial charge in [-0.25, -0.2) is 0 Å². The Morgan fingerprint density at radius 1 is 1.50 bits per heavy atom. The number of aliphatic imine (C=N–C) groups is 1. The summed E-state index contributed by atoms with van der Waals surface area (Å²) in [5, 5.41) is 2.93. The average Bonchev–Trinajstić information content (AvgIpc) is 2.79. The molecule has 3 nitrogen and oxygen atoms in total. The molecule has 2 aliphatic heterocycles. The van der Waals surface area contributed by atoms with Crippen molar-refractivity contribution in [3.05, 3.63) is 0 Å². The van der Waals surface area contributed by atoms with Crippen LogP contribution >= 0.6 is 27.7 Å². The van der Waals surface area contributed by atoms with Crippen molar-refractivity contribution in [2.75, 3.05) is 31.6 Å². The maximum Gasteiger partial charge on any atom is 0.159 e. The maximum absolute atomic E-state index is 5.66. The highest BCUT2D eigenvalue weighted by Gasteiger charge is 2.26. The second-order valence-corrected chi connectivity index (χ2v) is 6.07. The van der Waals surface area contributed by atoms with Crippen LogP contribution in [-0.4, -0.2) is 53.0 Å². The average molecular weight is 307 g/mol. The molecule has 2 heterocycles. The predicted molar refractivity (Wildman–Crippen MR) is 73.7 cm³/mol. The zero-order valence-electron chi connectivity index (χ0n) is 9.69. The molecule has 0 aromatic rings. The van der Waals surface area contributed by atoms with Gasteiger partial charge in [-0.2, -0.15) is 0 Å². The van der Waals surface area contributed by atoms with Crippen LogP contribution < -0.4 is 0 Å². The molecule has 16 heavy (non-hydrogen) atoms. The van der Waals surface area contributed by atoms with E-state index in [0.717, 1.165) is 44.4 Å². The summed E-state index contributed by atoms with van der Waals surface area (Å²) >= 11 is 5.45. The van der Waals surface area contributed by atoms with Gasteiger partial charge >= 0.3 is 0 Å². The molecule has 0 saturated carbocycles. The Bertz CT molecular complexity index is 254. The lowest BCUT2D eigenvalue weighted by molar-refractivity contribution is 0.0274. The highest BCUT2D eigenvalue weighted by molar-refractivity contribution is 9.09. The Balaban J connectivity index is 1.77. The molecule has 1 unspecified atom stereocenters. The molecule has 0 aromatic carbocycles. The minimum atomic E-state index is 0.472. The zero-order valence-corrected chi connectivity index (χ0v) is 12.1. The van der Waals surface area contributed by atoms with Crippen LogP contribution in [0.25, 0.3) is 0 Å². The van der Waals surface area contributed by atoms with E-state index in [2.05, 4.69) is 32.7 Å². The molecule has 5 heteroatoms. The number of hydrogen-bond acceptors (Lipinski definition) is 4. The molecule has 1 fully saturated rings. The number of halogens is 1. The maximum atomic E-state index is 5.66. The number of thioether (sulfide) groups is 1. The fraction of sp³-hybridized carbons (Fsp3) is 0.909. The second-order valence-electron chi connectivity index (χ2n) is 4.16. The Kier molecular flexibility index (Phi) is 4.97. The third kappa shape index (κ3) is 3.14. The van der Waals surface area contributed by atoms with Crippen LogP contribution in [0.2, 0.25) is 0 Å². The molecule has 0 N–H and O–H groups in total. The molecular weight excluding hydrogens is 288 g/mol. The van der Waals surface area contributed by atoms with Crippen molar-refractivity contribution in [2.24, 2.45) is 4.99 Å². The summed E-state index contributed by atoms with van der Waals surface area (Å²) in [4.78, 5) is 7.04. The number of hydrogen-bond donors (Lipinski definition) is 0. The summed E-state index contributed by atoms with van der Waals surface area (Å²) in [6.45, 7) is 6.09. The summed E-state index contributed by atoms with van der Waals surface area (Å²) in [6, 6.07) is 0. The first-order valence-electron chi connectivity index (χ1n) is 5.97. The van der Waals surface area contributed by atoms with Gasteiger partial charge in [0.1, 0.15) is 0 Å². The van der Waals surface area contributed by atoms with Gasteiger partial charge in [-0.15, -0.1) is 0 Å². The number of alkyl halides is 1. The zero-order chi connectivity index (χ0) is 11.4. The molecule has 2 aliphatic rings. The Hall–Kier alpha value is 0.260. The normalized spacial score (nSPS) is 27.2. The monoisotopic (exact) mass is 306 g/mol. The SMILES string of the molecule is CCOC1CCN(C2=NCC(CBr)S2)CC1. The predicted octanol–water partition coefficient (Wildman–Crippen LogP) is 2.35. The summed E-state index contributed by atoms with van der Waals surface area (Å²) < 4.78 is 5.66. The fourth-order valence-electron chi connectivity index (χ4n) is 2.11. The number of likely N-dealkylation sites (tertiary alicyclic amines) is 1.